The molecule has 0 spiro atoms. The molecule has 0 aliphatic rings. The molecule has 102 valence electrons. The summed E-state index contributed by atoms with van der Waals surface area (Å²) >= 11 is 0. The summed E-state index contributed by atoms with van der Waals surface area (Å²) in [6.45, 7) is 11.0. The molecule has 0 bridgehead atoms. The van der Waals surface area contributed by atoms with Crippen molar-refractivity contribution < 1.29 is 0 Å². The summed E-state index contributed by atoms with van der Waals surface area (Å²) < 4.78 is 0. The van der Waals surface area contributed by atoms with E-state index in [1.807, 2.05) is 6.92 Å². The second-order valence-corrected chi connectivity index (χ2v) is 5.64. The summed E-state index contributed by atoms with van der Waals surface area (Å²) in [6.07, 6.45) is 7.34. The molecule has 3 heteroatoms. The maximum atomic E-state index is 4.41. The average molecular weight is 249 g/mol. The molecule has 1 N–H and O–H groups in total. The zero-order chi connectivity index (χ0) is 13.5. The summed E-state index contributed by atoms with van der Waals surface area (Å²) in [5.74, 6) is 0.803. The number of nitrogens with zero attached hydrogens (tertiary/aromatic N) is 2. The Morgan fingerprint density at radius 2 is 1.72 bits per heavy atom. The summed E-state index contributed by atoms with van der Waals surface area (Å²) in [5.41, 5.74) is 2.08. The molecule has 1 heterocycles. The van der Waals surface area contributed by atoms with Gasteiger partial charge in [0.15, 0.2) is 0 Å². The van der Waals surface area contributed by atoms with Crippen LogP contribution in [0.25, 0.3) is 0 Å². The SMILES string of the molecule is Cc1nccnc1C(C)NC(C)CCCC(C)C. The number of aryl methyl sites for hydroxylation is 1. The molecule has 2 atom stereocenters. The minimum absolute atomic E-state index is 0.271. The van der Waals surface area contributed by atoms with Crippen molar-refractivity contribution in [3.05, 3.63) is 23.8 Å². The normalized spacial score (nSPS) is 14.8. The Morgan fingerprint density at radius 3 is 2.33 bits per heavy atom. The van der Waals surface area contributed by atoms with Crippen LogP contribution in [0.2, 0.25) is 0 Å². The molecule has 0 amide bonds. The maximum Gasteiger partial charge on any atom is 0.0782 e. The van der Waals surface area contributed by atoms with Gasteiger partial charge in [0.1, 0.15) is 0 Å². The van der Waals surface area contributed by atoms with Crippen LogP contribution in [-0.4, -0.2) is 16.0 Å². The summed E-state index contributed by atoms with van der Waals surface area (Å²) in [7, 11) is 0. The highest BCUT2D eigenvalue weighted by Crippen LogP contribution is 2.15. The van der Waals surface area contributed by atoms with E-state index < -0.39 is 0 Å². The lowest BCUT2D eigenvalue weighted by atomic mass is 10.0. The van der Waals surface area contributed by atoms with E-state index in [0.29, 0.717) is 6.04 Å². The highest BCUT2D eigenvalue weighted by Gasteiger charge is 2.13. The van der Waals surface area contributed by atoms with E-state index in [9.17, 15) is 0 Å². The lowest BCUT2D eigenvalue weighted by Gasteiger charge is -2.20. The molecule has 2 unspecified atom stereocenters. The van der Waals surface area contributed by atoms with E-state index in [0.717, 1.165) is 17.3 Å². The topological polar surface area (TPSA) is 37.8 Å². The predicted molar refractivity (Wildman–Crippen MR) is 76.5 cm³/mol. The lowest BCUT2D eigenvalue weighted by Crippen LogP contribution is -2.30. The van der Waals surface area contributed by atoms with Gasteiger partial charge in [-0.2, -0.15) is 0 Å². The first-order valence-electron chi connectivity index (χ1n) is 7.04. The van der Waals surface area contributed by atoms with Crippen LogP contribution in [0.4, 0.5) is 0 Å². The van der Waals surface area contributed by atoms with Crippen LogP contribution >= 0.6 is 0 Å². The van der Waals surface area contributed by atoms with Crippen molar-refractivity contribution >= 4 is 0 Å². The number of nitrogens with one attached hydrogen (secondary N) is 1. The van der Waals surface area contributed by atoms with Crippen molar-refractivity contribution in [2.24, 2.45) is 5.92 Å². The number of rotatable bonds is 7. The predicted octanol–water partition coefficient (Wildman–Crippen LogP) is 3.65. The monoisotopic (exact) mass is 249 g/mol. The molecule has 1 aromatic heterocycles. The largest absolute Gasteiger partial charge is 0.306 e. The van der Waals surface area contributed by atoms with Gasteiger partial charge in [-0.05, 0) is 33.1 Å². The quantitative estimate of drug-likeness (QED) is 0.801. The summed E-state index contributed by atoms with van der Waals surface area (Å²) in [5, 5.41) is 3.61. The van der Waals surface area contributed by atoms with Crippen molar-refractivity contribution in [2.45, 2.75) is 66.0 Å². The van der Waals surface area contributed by atoms with Crippen LogP contribution in [0, 0.1) is 12.8 Å². The zero-order valence-electron chi connectivity index (χ0n) is 12.4. The second-order valence-electron chi connectivity index (χ2n) is 5.64. The van der Waals surface area contributed by atoms with Gasteiger partial charge in [0.2, 0.25) is 0 Å². The van der Waals surface area contributed by atoms with Gasteiger partial charge in [0, 0.05) is 24.5 Å². The molecule has 1 rings (SSSR count). The fourth-order valence-corrected chi connectivity index (χ4v) is 2.26. The van der Waals surface area contributed by atoms with E-state index in [1.54, 1.807) is 12.4 Å². The van der Waals surface area contributed by atoms with Gasteiger partial charge in [-0.25, -0.2) is 0 Å². The van der Waals surface area contributed by atoms with Crippen LogP contribution < -0.4 is 5.32 Å². The van der Waals surface area contributed by atoms with E-state index in [1.165, 1.54) is 19.3 Å². The van der Waals surface area contributed by atoms with E-state index in [4.69, 9.17) is 0 Å². The molecule has 1 aromatic rings. The molecule has 0 saturated carbocycles. The van der Waals surface area contributed by atoms with Crippen LogP contribution in [0.3, 0.4) is 0 Å². The molecule has 3 nitrogen and oxygen atoms in total. The third kappa shape index (κ3) is 5.13. The average Bonchev–Trinajstić information content (AvgIpc) is 2.28. The first-order valence-corrected chi connectivity index (χ1v) is 7.04. The van der Waals surface area contributed by atoms with Crippen molar-refractivity contribution in [3.8, 4) is 0 Å². The standard InChI is InChI=1S/C15H27N3/c1-11(2)7-6-8-12(3)18-14(5)15-13(4)16-9-10-17-15/h9-12,14,18H,6-8H2,1-5H3. The van der Waals surface area contributed by atoms with Gasteiger partial charge < -0.3 is 5.32 Å². The van der Waals surface area contributed by atoms with Crippen molar-refractivity contribution in [1.82, 2.24) is 15.3 Å². The zero-order valence-corrected chi connectivity index (χ0v) is 12.4. The van der Waals surface area contributed by atoms with Crippen molar-refractivity contribution in [2.75, 3.05) is 0 Å². The third-order valence-corrected chi connectivity index (χ3v) is 3.28. The number of aromatic nitrogens is 2. The van der Waals surface area contributed by atoms with E-state index in [2.05, 4.69) is 43.0 Å². The number of hydrogen-bond donors (Lipinski definition) is 1. The third-order valence-electron chi connectivity index (χ3n) is 3.28. The van der Waals surface area contributed by atoms with Gasteiger partial charge in [-0.1, -0.05) is 26.7 Å². The Labute approximate surface area is 111 Å². The Hall–Kier alpha value is -0.960. The van der Waals surface area contributed by atoms with E-state index >= 15 is 0 Å². The summed E-state index contributed by atoms with van der Waals surface area (Å²) in [6, 6.07) is 0.799. The van der Waals surface area contributed by atoms with Crippen LogP contribution in [0.15, 0.2) is 12.4 Å². The minimum Gasteiger partial charge on any atom is -0.306 e. The molecule has 0 aliphatic carbocycles. The molecular formula is C15H27N3. The molecule has 0 radical (unpaired) electrons. The minimum atomic E-state index is 0.271. The van der Waals surface area contributed by atoms with Gasteiger partial charge in [0.25, 0.3) is 0 Å². The fraction of sp³-hybridized carbons (Fsp3) is 0.733. The van der Waals surface area contributed by atoms with E-state index in [-0.39, 0.29) is 6.04 Å². The maximum absolute atomic E-state index is 4.41. The highest BCUT2D eigenvalue weighted by atomic mass is 15.0. The van der Waals surface area contributed by atoms with Crippen LogP contribution in [0.1, 0.15) is 64.4 Å². The Morgan fingerprint density at radius 1 is 1.06 bits per heavy atom. The first-order chi connectivity index (χ1) is 8.50. The molecule has 0 saturated heterocycles. The van der Waals surface area contributed by atoms with Crippen LogP contribution in [0.5, 0.6) is 0 Å². The Kier molecular flexibility index (Phi) is 6.27. The Balaban J connectivity index is 2.40. The van der Waals surface area contributed by atoms with Gasteiger partial charge in [-0.3, -0.25) is 9.97 Å². The van der Waals surface area contributed by atoms with Crippen molar-refractivity contribution in [3.63, 3.8) is 0 Å². The molecule has 0 fully saturated rings. The molecule has 0 aromatic carbocycles. The highest BCUT2D eigenvalue weighted by molar-refractivity contribution is 5.12. The molecule has 0 aliphatic heterocycles. The molecule has 18 heavy (non-hydrogen) atoms. The van der Waals surface area contributed by atoms with Gasteiger partial charge >= 0.3 is 0 Å². The second kappa shape index (κ2) is 7.47. The fourth-order valence-electron chi connectivity index (χ4n) is 2.26. The first kappa shape index (κ1) is 15.1. The van der Waals surface area contributed by atoms with Gasteiger partial charge in [0.05, 0.1) is 11.4 Å². The Bertz CT molecular complexity index is 349. The molecular weight excluding hydrogens is 222 g/mol. The van der Waals surface area contributed by atoms with Crippen LogP contribution in [-0.2, 0) is 0 Å². The van der Waals surface area contributed by atoms with Crippen molar-refractivity contribution in [1.29, 1.82) is 0 Å². The lowest BCUT2D eigenvalue weighted by molar-refractivity contribution is 0.418. The van der Waals surface area contributed by atoms with Gasteiger partial charge in [-0.15, -0.1) is 0 Å². The smallest absolute Gasteiger partial charge is 0.0782 e. The number of hydrogen-bond acceptors (Lipinski definition) is 3. The summed E-state index contributed by atoms with van der Waals surface area (Å²) in [4.78, 5) is 8.71.